The van der Waals surface area contributed by atoms with Crippen LogP contribution in [0.25, 0.3) is 0 Å². The molecular weight excluding hydrogens is 272 g/mol. The maximum absolute atomic E-state index is 12.0. The summed E-state index contributed by atoms with van der Waals surface area (Å²) in [7, 11) is -2.01. The molecule has 2 rings (SSSR count). The standard InChI is InChI=1S/C9H14N6O3S/c1-6(9-11-14-15-12-9)13-19(16,17)8-4-3-7(18-8)5-10-2/h3-4,6,10,13H,5H2,1-2H3,(H,11,12,14,15). The van der Waals surface area contributed by atoms with E-state index in [9.17, 15) is 8.42 Å². The van der Waals surface area contributed by atoms with Crippen molar-refractivity contribution in [3.63, 3.8) is 0 Å². The highest BCUT2D eigenvalue weighted by atomic mass is 32.2. The first kappa shape index (κ1) is 13.6. The smallest absolute Gasteiger partial charge is 0.274 e. The lowest BCUT2D eigenvalue weighted by atomic mass is 10.4. The summed E-state index contributed by atoms with van der Waals surface area (Å²) >= 11 is 0. The molecule has 2 aromatic heterocycles. The summed E-state index contributed by atoms with van der Waals surface area (Å²) in [5.74, 6) is 0.792. The predicted octanol–water partition coefficient (Wildman–Crippen LogP) is -0.448. The van der Waals surface area contributed by atoms with Crippen LogP contribution in [-0.2, 0) is 16.6 Å². The number of hydrogen-bond donors (Lipinski definition) is 3. The summed E-state index contributed by atoms with van der Waals surface area (Å²) in [6.07, 6.45) is 0. The van der Waals surface area contributed by atoms with Gasteiger partial charge in [-0.2, -0.15) is 9.94 Å². The zero-order chi connectivity index (χ0) is 13.9. The molecule has 104 valence electrons. The molecule has 0 bridgehead atoms. The number of nitrogens with one attached hydrogen (secondary N) is 3. The molecule has 10 heteroatoms. The number of rotatable bonds is 6. The third-order valence-corrected chi connectivity index (χ3v) is 3.75. The maximum Gasteiger partial charge on any atom is 0.274 e. The molecule has 9 nitrogen and oxygen atoms in total. The molecule has 0 aliphatic carbocycles. The van der Waals surface area contributed by atoms with Crippen LogP contribution in [0.3, 0.4) is 0 Å². The Labute approximate surface area is 109 Å². The number of nitrogens with zero attached hydrogens (tertiary/aromatic N) is 3. The van der Waals surface area contributed by atoms with Gasteiger partial charge in [-0.1, -0.05) is 5.21 Å². The monoisotopic (exact) mass is 286 g/mol. The molecule has 0 aromatic carbocycles. The summed E-state index contributed by atoms with van der Waals surface area (Å²) in [5.41, 5.74) is 0. The van der Waals surface area contributed by atoms with E-state index in [4.69, 9.17) is 4.42 Å². The van der Waals surface area contributed by atoms with E-state index in [-0.39, 0.29) is 10.9 Å². The fraction of sp³-hybridized carbons (Fsp3) is 0.444. The summed E-state index contributed by atoms with van der Waals surface area (Å²) < 4.78 is 31.7. The van der Waals surface area contributed by atoms with E-state index in [1.807, 2.05) is 0 Å². The van der Waals surface area contributed by atoms with Crippen molar-refractivity contribution in [2.24, 2.45) is 0 Å². The second kappa shape index (κ2) is 5.47. The number of hydrogen-bond acceptors (Lipinski definition) is 7. The van der Waals surface area contributed by atoms with Crippen LogP contribution >= 0.6 is 0 Å². The van der Waals surface area contributed by atoms with Gasteiger partial charge < -0.3 is 9.73 Å². The molecule has 1 atom stereocenters. The summed E-state index contributed by atoms with van der Waals surface area (Å²) in [6, 6.07) is 2.39. The van der Waals surface area contributed by atoms with Crippen molar-refractivity contribution in [3.8, 4) is 0 Å². The Balaban J connectivity index is 2.13. The van der Waals surface area contributed by atoms with E-state index < -0.39 is 16.1 Å². The molecule has 2 heterocycles. The molecule has 1 unspecified atom stereocenters. The van der Waals surface area contributed by atoms with Gasteiger partial charge in [-0.25, -0.2) is 8.42 Å². The summed E-state index contributed by atoms with van der Waals surface area (Å²) in [6.45, 7) is 2.07. The van der Waals surface area contributed by atoms with Crippen LogP contribution in [0.2, 0.25) is 0 Å². The first-order valence-electron chi connectivity index (χ1n) is 5.52. The van der Waals surface area contributed by atoms with E-state index in [1.54, 1.807) is 20.0 Å². The van der Waals surface area contributed by atoms with E-state index in [0.717, 1.165) is 0 Å². The van der Waals surface area contributed by atoms with Crippen LogP contribution in [0.1, 0.15) is 24.6 Å². The third kappa shape index (κ3) is 3.16. The van der Waals surface area contributed by atoms with Crippen LogP contribution in [0.5, 0.6) is 0 Å². The highest BCUT2D eigenvalue weighted by Crippen LogP contribution is 2.16. The Kier molecular flexibility index (Phi) is 3.93. The van der Waals surface area contributed by atoms with Gasteiger partial charge in [-0.3, -0.25) is 0 Å². The minimum Gasteiger partial charge on any atom is -0.447 e. The van der Waals surface area contributed by atoms with Crippen LogP contribution in [0.4, 0.5) is 0 Å². The molecule has 0 saturated carbocycles. The molecule has 19 heavy (non-hydrogen) atoms. The Hall–Kier alpha value is -1.78. The van der Waals surface area contributed by atoms with Crippen LogP contribution < -0.4 is 10.0 Å². The van der Waals surface area contributed by atoms with E-state index in [1.165, 1.54) is 6.07 Å². The zero-order valence-corrected chi connectivity index (χ0v) is 11.2. The normalized spacial score (nSPS) is 13.6. The predicted molar refractivity (Wildman–Crippen MR) is 64.4 cm³/mol. The number of sulfonamides is 1. The van der Waals surface area contributed by atoms with Gasteiger partial charge in [-0.05, 0) is 26.1 Å². The van der Waals surface area contributed by atoms with Gasteiger partial charge in [0.15, 0.2) is 5.82 Å². The Morgan fingerprint density at radius 2 is 2.26 bits per heavy atom. The van der Waals surface area contributed by atoms with E-state index in [2.05, 4.69) is 30.7 Å². The van der Waals surface area contributed by atoms with Crippen molar-refractivity contribution >= 4 is 10.0 Å². The SMILES string of the molecule is CNCc1ccc(S(=O)(=O)NC(C)c2nn[nH]n2)o1. The summed E-state index contributed by atoms with van der Waals surface area (Å²) in [5, 5.41) is 15.8. The second-order valence-corrected chi connectivity index (χ2v) is 5.51. The lowest BCUT2D eigenvalue weighted by Crippen LogP contribution is -2.27. The Morgan fingerprint density at radius 3 is 2.89 bits per heavy atom. The maximum atomic E-state index is 12.0. The lowest BCUT2D eigenvalue weighted by molar-refractivity contribution is 0.402. The van der Waals surface area contributed by atoms with Crippen molar-refractivity contribution in [1.82, 2.24) is 30.7 Å². The van der Waals surface area contributed by atoms with Gasteiger partial charge in [0.05, 0.1) is 12.6 Å². The number of aromatic nitrogens is 4. The second-order valence-electron chi connectivity index (χ2n) is 3.86. The molecule has 0 amide bonds. The average molecular weight is 286 g/mol. The molecule has 0 aliphatic rings. The van der Waals surface area contributed by atoms with Crippen molar-refractivity contribution < 1.29 is 12.8 Å². The number of H-pyrrole nitrogens is 1. The van der Waals surface area contributed by atoms with E-state index in [0.29, 0.717) is 12.3 Å². The van der Waals surface area contributed by atoms with Gasteiger partial charge in [0.25, 0.3) is 10.0 Å². The van der Waals surface area contributed by atoms with Crippen molar-refractivity contribution in [2.45, 2.75) is 24.6 Å². The zero-order valence-electron chi connectivity index (χ0n) is 10.4. The van der Waals surface area contributed by atoms with Crippen LogP contribution in [0.15, 0.2) is 21.6 Å². The molecule has 0 fully saturated rings. The number of aromatic amines is 1. The quantitative estimate of drug-likeness (QED) is 0.656. The van der Waals surface area contributed by atoms with Crippen LogP contribution in [-0.4, -0.2) is 36.1 Å². The van der Waals surface area contributed by atoms with Gasteiger partial charge in [0.1, 0.15) is 5.76 Å². The van der Waals surface area contributed by atoms with Gasteiger partial charge >= 0.3 is 0 Å². The minimum absolute atomic E-state index is 0.145. The molecule has 0 saturated heterocycles. The number of furan rings is 1. The molecular formula is C9H14N6O3S. The lowest BCUT2D eigenvalue weighted by Gasteiger charge is -2.08. The highest BCUT2D eigenvalue weighted by Gasteiger charge is 2.23. The van der Waals surface area contributed by atoms with Gasteiger partial charge in [0, 0.05) is 0 Å². The van der Waals surface area contributed by atoms with Crippen molar-refractivity contribution in [3.05, 3.63) is 23.7 Å². The molecule has 3 N–H and O–H groups in total. The number of tetrazole rings is 1. The van der Waals surface area contributed by atoms with Crippen molar-refractivity contribution in [1.29, 1.82) is 0 Å². The molecule has 0 radical (unpaired) electrons. The first-order chi connectivity index (χ1) is 9.03. The Bertz CT molecular complexity index is 620. The molecule has 2 aromatic rings. The highest BCUT2D eigenvalue weighted by molar-refractivity contribution is 7.89. The van der Waals surface area contributed by atoms with E-state index >= 15 is 0 Å². The Morgan fingerprint density at radius 1 is 1.47 bits per heavy atom. The minimum atomic E-state index is -3.75. The average Bonchev–Trinajstić information content (AvgIpc) is 2.99. The fourth-order valence-electron chi connectivity index (χ4n) is 1.47. The third-order valence-electron chi connectivity index (χ3n) is 2.33. The topological polar surface area (TPSA) is 126 Å². The fourth-order valence-corrected chi connectivity index (χ4v) is 2.62. The first-order valence-corrected chi connectivity index (χ1v) is 7.00. The summed E-state index contributed by atoms with van der Waals surface area (Å²) in [4.78, 5) is 0. The largest absolute Gasteiger partial charge is 0.447 e. The van der Waals surface area contributed by atoms with Gasteiger partial charge in [0.2, 0.25) is 5.09 Å². The molecule has 0 aliphatic heterocycles. The molecule has 0 spiro atoms. The van der Waals surface area contributed by atoms with Gasteiger partial charge in [-0.15, -0.1) is 10.2 Å². The van der Waals surface area contributed by atoms with Crippen LogP contribution in [0, 0.1) is 0 Å². The van der Waals surface area contributed by atoms with Crippen molar-refractivity contribution in [2.75, 3.05) is 7.05 Å².